The third kappa shape index (κ3) is 6.04. The average Bonchev–Trinajstić information content (AvgIpc) is 2.55. The van der Waals surface area contributed by atoms with E-state index in [0.29, 0.717) is 6.42 Å². The Balaban J connectivity index is 1.94. The number of ether oxygens (including phenoxy) is 1. The van der Waals surface area contributed by atoms with E-state index in [1.54, 1.807) is 0 Å². The molecular formula is C18H18BrNO4. The predicted octanol–water partition coefficient (Wildman–Crippen LogP) is 3.76. The minimum absolute atomic E-state index is 0.140. The highest BCUT2D eigenvalue weighted by molar-refractivity contribution is 9.10. The maximum absolute atomic E-state index is 11.9. The van der Waals surface area contributed by atoms with Gasteiger partial charge in [0.2, 0.25) is 0 Å². The molecule has 2 aromatic rings. The number of hydrogen-bond donors (Lipinski definition) is 2. The number of alkyl carbamates (subject to hydrolysis) is 1. The van der Waals surface area contributed by atoms with E-state index >= 15 is 0 Å². The fourth-order valence-corrected chi connectivity index (χ4v) is 2.69. The second-order valence-corrected chi connectivity index (χ2v) is 6.15. The number of hydrogen-bond acceptors (Lipinski definition) is 3. The Hall–Kier alpha value is -2.34. The Bertz CT molecular complexity index is 690. The second-order valence-electron chi connectivity index (χ2n) is 5.30. The van der Waals surface area contributed by atoms with E-state index in [1.807, 2.05) is 54.6 Å². The zero-order valence-corrected chi connectivity index (χ0v) is 14.5. The van der Waals surface area contributed by atoms with Gasteiger partial charge in [-0.15, -0.1) is 0 Å². The summed E-state index contributed by atoms with van der Waals surface area (Å²) in [6.45, 7) is 0.140. The van der Waals surface area contributed by atoms with Crippen molar-refractivity contribution in [1.82, 2.24) is 5.32 Å². The van der Waals surface area contributed by atoms with Crippen LogP contribution >= 0.6 is 15.9 Å². The number of amides is 1. The Kier molecular flexibility index (Phi) is 6.81. The molecule has 0 saturated carbocycles. The topological polar surface area (TPSA) is 75.6 Å². The number of nitrogens with one attached hydrogen (secondary N) is 1. The maximum Gasteiger partial charge on any atom is 0.407 e. The number of carbonyl (C=O) groups is 2. The zero-order valence-electron chi connectivity index (χ0n) is 12.9. The lowest BCUT2D eigenvalue weighted by atomic mass is 10.0. The van der Waals surface area contributed by atoms with Crippen molar-refractivity contribution in [2.45, 2.75) is 25.5 Å². The first-order chi connectivity index (χ1) is 11.5. The molecule has 0 aliphatic heterocycles. The van der Waals surface area contributed by atoms with Gasteiger partial charge in [-0.25, -0.2) is 4.79 Å². The zero-order chi connectivity index (χ0) is 17.4. The highest BCUT2D eigenvalue weighted by Gasteiger charge is 2.18. The molecule has 0 bridgehead atoms. The lowest BCUT2D eigenvalue weighted by molar-refractivity contribution is -0.137. The summed E-state index contributed by atoms with van der Waals surface area (Å²) < 4.78 is 6.03. The first-order valence-corrected chi connectivity index (χ1v) is 8.26. The van der Waals surface area contributed by atoms with Crippen molar-refractivity contribution in [3.8, 4) is 0 Å². The van der Waals surface area contributed by atoms with Crippen LogP contribution < -0.4 is 5.32 Å². The molecule has 5 nitrogen and oxygen atoms in total. The number of aliphatic carboxylic acids is 1. The summed E-state index contributed by atoms with van der Waals surface area (Å²) in [7, 11) is 0. The summed E-state index contributed by atoms with van der Waals surface area (Å²) in [5.74, 6) is -0.976. The summed E-state index contributed by atoms with van der Waals surface area (Å²) >= 11 is 3.43. The van der Waals surface area contributed by atoms with Crippen molar-refractivity contribution in [3.63, 3.8) is 0 Å². The molecule has 2 N–H and O–H groups in total. The van der Waals surface area contributed by atoms with Crippen molar-refractivity contribution >= 4 is 28.0 Å². The van der Waals surface area contributed by atoms with Gasteiger partial charge < -0.3 is 15.2 Å². The van der Waals surface area contributed by atoms with Crippen LogP contribution in [-0.2, 0) is 22.6 Å². The molecule has 0 aromatic heterocycles. The summed E-state index contributed by atoms with van der Waals surface area (Å²) in [5, 5.41) is 11.7. The van der Waals surface area contributed by atoms with E-state index in [-0.39, 0.29) is 13.0 Å². The van der Waals surface area contributed by atoms with Gasteiger partial charge in [0, 0.05) is 10.5 Å². The van der Waals surface area contributed by atoms with Crippen molar-refractivity contribution in [3.05, 3.63) is 70.2 Å². The molecule has 1 atom stereocenters. The summed E-state index contributed by atoms with van der Waals surface area (Å²) in [4.78, 5) is 23.0. The number of carboxylic acids is 1. The summed E-state index contributed by atoms with van der Waals surface area (Å²) in [6.07, 6.45) is -0.409. The molecular weight excluding hydrogens is 374 g/mol. The third-order valence-corrected chi connectivity index (χ3v) is 4.15. The molecule has 2 aromatic carbocycles. The van der Waals surface area contributed by atoms with Crippen LogP contribution in [0.4, 0.5) is 4.79 Å². The van der Waals surface area contributed by atoms with Gasteiger partial charge in [0.25, 0.3) is 0 Å². The number of carboxylic acid groups (broad SMARTS) is 1. The quantitative estimate of drug-likeness (QED) is 0.753. The van der Waals surface area contributed by atoms with Crippen molar-refractivity contribution in [2.75, 3.05) is 0 Å². The van der Waals surface area contributed by atoms with Crippen LogP contribution in [0.3, 0.4) is 0 Å². The maximum atomic E-state index is 11.9. The lowest BCUT2D eigenvalue weighted by Crippen LogP contribution is -2.38. The Labute approximate surface area is 148 Å². The van der Waals surface area contributed by atoms with E-state index in [1.165, 1.54) is 0 Å². The van der Waals surface area contributed by atoms with Crippen LogP contribution in [-0.4, -0.2) is 23.2 Å². The van der Waals surface area contributed by atoms with E-state index in [4.69, 9.17) is 9.84 Å². The normalized spacial score (nSPS) is 11.5. The highest BCUT2D eigenvalue weighted by Crippen LogP contribution is 2.18. The fourth-order valence-electron chi connectivity index (χ4n) is 2.25. The lowest BCUT2D eigenvalue weighted by Gasteiger charge is -2.17. The molecule has 24 heavy (non-hydrogen) atoms. The smallest absolute Gasteiger partial charge is 0.407 e. The first-order valence-electron chi connectivity index (χ1n) is 7.47. The Morgan fingerprint density at radius 3 is 2.42 bits per heavy atom. The molecule has 0 aliphatic rings. The van der Waals surface area contributed by atoms with Crippen LogP contribution in [0.1, 0.15) is 17.5 Å². The first kappa shape index (κ1) is 18.0. The molecule has 0 radical (unpaired) electrons. The van der Waals surface area contributed by atoms with Crippen LogP contribution in [0, 0.1) is 0 Å². The van der Waals surface area contributed by atoms with Crippen LogP contribution in [0.2, 0.25) is 0 Å². The van der Waals surface area contributed by atoms with Gasteiger partial charge in [-0.2, -0.15) is 0 Å². The second kappa shape index (κ2) is 9.08. The van der Waals surface area contributed by atoms with Gasteiger partial charge in [-0.1, -0.05) is 64.5 Å². The molecule has 0 unspecified atom stereocenters. The SMILES string of the molecule is O=C(O)C[C@@H](Cc1ccccc1Br)NC(=O)OCc1ccccc1. The molecule has 0 fully saturated rings. The molecule has 126 valence electrons. The number of carbonyl (C=O) groups excluding carboxylic acids is 1. The molecule has 1 amide bonds. The van der Waals surface area contributed by atoms with Crippen LogP contribution in [0.15, 0.2) is 59.1 Å². The van der Waals surface area contributed by atoms with Crippen molar-refractivity contribution in [1.29, 1.82) is 0 Å². The van der Waals surface area contributed by atoms with Gasteiger partial charge in [0.05, 0.1) is 6.42 Å². The van der Waals surface area contributed by atoms with Crippen molar-refractivity contribution < 1.29 is 19.4 Å². The monoisotopic (exact) mass is 391 g/mol. The van der Waals surface area contributed by atoms with E-state index in [0.717, 1.165) is 15.6 Å². The Morgan fingerprint density at radius 2 is 1.75 bits per heavy atom. The predicted molar refractivity (Wildman–Crippen MR) is 93.6 cm³/mol. The Morgan fingerprint density at radius 1 is 1.08 bits per heavy atom. The average molecular weight is 392 g/mol. The molecule has 6 heteroatoms. The number of halogens is 1. The van der Waals surface area contributed by atoms with E-state index < -0.39 is 18.1 Å². The minimum Gasteiger partial charge on any atom is -0.481 e. The van der Waals surface area contributed by atoms with Gasteiger partial charge in [0.15, 0.2) is 0 Å². The van der Waals surface area contributed by atoms with Crippen molar-refractivity contribution in [2.24, 2.45) is 0 Å². The van der Waals surface area contributed by atoms with Gasteiger partial charge in [0.1, 0.15) is 6.61 Å². The molecule has 0 aliphatic carbocycles. The molecule has 2 rings (SSSR count). The number of benzene rings is 2. The summed E-state index contributed by atoms with van der Waals surface area (Å²) in [6, 6.07) is 16.2. The van der Waals surface area contributed by atoms with Gasteiger partial charge in [-0.05, 0) is 23.6 Å². The third-order valence-electron chi connectivity index (χ3n) is 3.38. The standard InChI is InChI=1S/C18H18BrNO4/c19-16-9-5-4-8-14(16)10-15(11-17(21)22)20-18(23)24-12-13-6-2-1-3-7-13/h1-9,15H,10-12H2,(H,20,23)(H,21,22)/t15-/m1/s1. The van der Waals surface area contributed by atoms with E-state index in [2.05, 4.69) is 21.2 Å². The molecule has 0 heterocycles. The van der Waals surface area contributed by atoms with E-state index in [9.17, 15) is 9.59 Å². The van der Waals surface area contributed by atoms with Gasteiger partial charge >= 0.3 is 12.1 Å². The van der Waals surface area contributed by atoms with Gasteiger partial charge in [-0.3, -0.25) is 4.79 Å². The van der Waals surface area contributed by atoms with Crippen LogP contribution in [0.25, 0.3) is 0 Å². The highest BCUT2D eigenvalue weighted by atomic mass is 79.9. The van der Waals surface area contributed by atoms with Crippen LogP contribution in [0.5, 0.6) is 0 Å². The molecule has 0 saturated heterocycles. The minimum atomic E-state index is -0.976. The molecule has 0 spiro atoms. The largest absolute Gasteiger partial charge is 0.481 e. The number of rotatable bonds is 7. The fraction of sp³-hybridized carbons (Fsp3) is 0.222. The summed E-state index contributed by atoms with van der Waals surface area (Å²) in [5.41, 5.74) is 1.79.